The van der Waals surface area contributed by atoms with E-state index in [2.05, 4.69) is 0 Å². The summed E-state index contributed by atoms with van der Waals surface area (Å²) in [5.41, 5.74) is 3.33. The van der Waals surface area contributed by atoms with E-state index in [1.165, 1.54) is 6.07 Å². The molecular formula is C20H18O4. The minimum Gasteiger partial charge on any atom is -0.494 e. The van der Waals surface area contributed by atoms with Crippen molar-refractivity contribution >= 4 is 17.8 Å². The van der Waals surface area contributed by atoms with Crippen LogP contribution in [0.1, 0.15) is 45.2 Å². The monoisotopic (exact) mass is 322 g/mol. The number of aromatic carboxylic acids is 1. The summed E-state index contributed by atoms with van der Waals surface area (Å²) in [6, 6.07) is 12.3. The number of hydrogen-bond acceptors (Lipinski definition) is 3. The Morgan fingerprint density at radius 3 is 2.58 bits per heavy atom. The molecule has 4 nitrogen and oxygen atoms in total. The van der Waals surface area contributed by atoms with Crippen LogP contribution < -0.4 is 4.74 Å². The summed E-state index contributed by atoms with van der Waals surface area (Å²) in [6.45, 7) is 2.55. The van der Waals surface area contributed by atoms with E-state index in [4.69, 9.17) is 9.84 Å². The van der Waals surface area contributed by atoms with Crippen molar-refractivity contribution in [2.24, 2.45) is 0 Å². The van der Waals surface area contributed by atoms with E-state index >= 15 is 0 Å². The van der Waals surface area contributed by atoms with Crippen LogP contribution in [0.5, 0.6) is 5.75 Å². The van der Waals surface area contributed by atoms with Gasteiger partial charge in [-0.05, 0) is 67.3 Å². The lowest BCUT2D eigenvalue weighted by Crippen LogP contribution is -2.15. The fourth-order valence-electron chi connectivity index (χ4n) is 2.88. The zero-order valence-electron chi connectivity index (χ0n) is 13.4. The highest BCUT2D eigenvalue weighted by Crippen LogP contribution is 2.28. The molecule has 0 fully saturated rings. The van der Waals surface area contributed by atoms with E-state index in [0.717, 1.165) is 22.4 Å². The number of fused-ring (bicyclic) bond motifs is 1. The van der Waals surface area contributed by atoms with Gasteiger partial charge in [0.2, 0.25) is 0 Å². The highest BCUT2D eigenvalue weighted by molar-refractivity contribution is 6.13. The molecule has 2 aromatic rings. The molecule has 2 aromatic carbocycles. The molecule has 0 unspecified atom stereocenters. The van der Waals surface area contributed by atoms with Crippen LogP contribution in [-0.2, 0) is 6.42 Å². The lowest BCUT2D eigenvalue weighted by Gasteiger charge is -2.18. The molecule has 3 rings (SSSR count). The van der Waals surface area contributed by atoms with Crippen LogP contribution in [0.3, 0.4) is 0 Å². The van der Waals surface area contributed by atoms with Crippen LogP contribution in [0.25, 0.3) is 6.08 Å². The summed E-state index contributed by atoms with van der Waals surface area (Å²) in [6.07, 6.45) is 3.18. The van der Waals surface area contributed by atoms with Crippen molar-refractivity contribution in [1.82, 2.24) is 0 Å². The van der Waals surface area contributed by atoms with Crippen molar-refractivity contribution in [3.63, 3.8) is 0 Å². The summed E-state index contributed by atoms with van der Waals surface area (Å²) < 4.78 is 5.41. The van der Waals surface area contributed by atoms with Gasteiger partial charge in [-0.25, -0.2) is 4.79 Å². The summed E-state index contributed by atoms with van der Waals surface area (Å²) >= 11 is 0. The van der Waals surface area contributed by atoms with E-state index in [1.54, 1.807) is 12.1 Å². The standard InChI is InChI=1S/C20H18O4/c1-2-24-17-8-3-13(4-9-17)11-15-6-5-14-12-16(20(22)23)7-10-18(14)19(15)21/h3-4,7-12H,2,5-6H2,1H3,(H,22,23). The van der Waals surface area contributed by atoms with Crippen molar-refractivity contribution < 1.29 is 19.4 Å². The first-order valence-electron chi connectivity index (χ1n) is 7.93. The summed E-state index contributed by atoms with van der Waals surface area (Å²) in [5.74, 6) is -0.191. The molecule has 0 amide bonds. The maximum absolute atomic E-state index is 12.6. The highest BCUT2D eigenvalue weighted by Gasteiger charge is 2.22. The molecule has 122 valence electrons. The lowest BCUT2D eigenvalue weighted by molar-refractivity contribution is 0.0696. The third-order valence-electron chi connectivity index (χ3n) is 4.08. The average Bonchev–Trinajstić information content (AvgIpc) is 2.59. The van der Waals surface area contributed by atoms with E-state index in [9.17, 15) is 9.59 Å². The fraction of sp³-hybridized carbons (Fsp3) is 0.200. The molecule has 1 aliphatic rings. The Labute approximate surface area is 140 Å². The molecule has 0 saturated heterocycles. The zero-order chi connectivity index (χ0) is 17.1. The van der Waals surface area contributed by atoms with Crippen molar-refractivity contribution in [2.75, 3.05) is 6.61 Å². The van der Waals surface area contributed by atoms with Gasteiger partial charge in [0.1, 0.15) is 5.75 Å². The molecule has 0 radical (unpaired) electrons. The zero-order valence-corrected chi connectivity index (χ0v) is 13.4. The number of ketones is 1. The molecule has 0 heterocycles. The number of rotatable bonds is 4. The van der Waals surface area contributed by atoms with Gasteiger partial charge in [0, 0.05) is 11.1 Å². The minimum atomic E-state index is -0.971. The van der Waals surface area contributed by atoms with Crippen molar-refractivity contribution in [3.05, 3.63) is 70.3 Å². The second-order valence-electron chi connectivity index (χ2n) is 5.68. The molecule has 1 N–H and O–H groups in total. The van der Waals surface area contributed by atoms with Gasteiger partial charge < -0.3 is 9.84 Å². The van der Waals surface area contributed by atoms with Gasteiger partial charge in [-0.15, -0.1) is 0 Å². The van der Waals surface area contributed by atoms with Gasteiger partial charge in [0.05, 0.1) is 12.2 Å². The number of carbonyl (C=O) groups excluding carboxylic acids is 1. The average molecular weight is 322 g/mol. The number of carboxylic acid groups (broad SMARTS) is 1. The molecule has 0 spiro atoms. The van der Waals surface area contributed by atoms with E-state index in [-0.39, 0.29) is 11.3 Å². The van der Waals surface area contributed by atoms with E-state index in [1.807, 2.05) is 37.3 Å². The number of benzene rings is 2. The smallest absolute Gasteiger partial charge is 0.335 e. The Hall–Kier alpha value is -2.88. The number of allylic oxidation sites excluding steroid dienone is 1. The van der Waals surface area contributed by atoms with Crippen molar-refractivity contribution in [3.8, 4) is 5.75 Å². The maximum Gasteiger partial charge on any atom is 0.335 e. The Morgan fingerprint density at radius 1 is 1.17 bits per heavy atom. The van der Waals surface area contributed by atoms with Gasteiger partial charge >= 0.3 is 5.97 Å². The van der Waals surface area contributed by atoms with Crippen LogP contribution in [0.2, 0.25) is 0 Å². The van der Waals surface area contributed by atoms with Gasteiger partial charge in [0.25, 0.3) is 0 Å². The Bertz CT molecular complexity index is 816. The molecule has 24 heavy (non-hydrogen) atoms. The number of carboxylic acids is 1. The predicted octanol–water partition coefficient (Wildman–Crippen LogP) is 4.00. The molecular weight excluding hydrogens is 304 g/mol. The van der Waals surface area contributed by atoms with Crippen LogP contribution in [0.15, 0.2) is 48.0 Å². The van der Waals surface area contributed by atoms with Gasteiger partial charge in [0.15, 0.2) is 5.78 Å². The topological polar surface area (TPSA) is 63.6 Å². The van der Waals surface area contributed by atoms with Crippen LogP contribution in [0, 0.1) is 0 Å². The quantitative estimate of drug-likeness (QED) is 0.864. The Kier molecular flexibility index (Phi) is 4.47. The van der Waals surface area contributed by atoms with E-state index < -0.39 is 5.97 Å². The second-order valence-corrected chi connectivity index (χ2v) is 5.68. The van der Waals surface area contributed by atoms with Gasteiger partial charge in [-0.1, -0.05) is 12.1 Å². The first kappa shape index (κ1) is 16.0. The molecule has 0 saturated carbocycles. The van der Waals surface area contributed by atoms with Crippen LogP contribution in [-0.4, -0.2) is 23.5 Å². The van der Waals surface area contributed by atoms with Gasteiger partial charge in [-0.3, -0.25) is 4.79 Å². The van der Waals surface area contributed by atoms with Gasteiger partial charge in [-0.2, -0.15) is 0 Å². The third-order valence-corrected chi connectivity index (χ3v) is 4.08. The highest BCUT2D eigenvalue weighted by atomic mass is 16.5. The Morgan fingerprint density at radius 2 is 1.92 bits per heavy atom. The summed E-state index contributed by atoms with van der Waals surface area (Å²) in [4.78, 5) is 23.7. The first-order chi connectivity index (χ1) is 11.6. The normalized spacial score (nSPS) is 15.2. The van der Waals surface area contributed by atoms with Crippen LogP contribution in [0.4, 0.5) is 0 Å². The predicted molar refractivity (Wildman–Crippen MR) is 91.6 cm³/mol. The lowest BCUT2D eigenvalue weighted by atomic mass is 9.85. The molecule has 0 aliphatic heterocycles. The maximum atomic E-state index is 12.6. The third kappa shape index (κ3) is 3.23. The molecule has 0 atom stereocenters. The largest absolute Gasteiger partial charge is 0.494 e. The van der Waals surface area contributed by atoms with E-state index in [0.29, 0.717) is 25.0 Å². The summed E-state index contributed by atoms with van der Waals surface area (Å²) in [5, 5.41) is 9.05. The molecule has 1 aliphatic carbocycles. The number of aryl methyl sites for hydroxylation is 1. The molecule has 0 aromatic heterocycles. The van der Waals surface area contributed by atoms with Crippen LogP contribution >= 0.6 is 0 Å². The number of carbonyl (C=O) groups is 2. The van der Waals surface area contributed by atoms with Crippen molar-refractivity contribution in [2.45, 2.75) is 19.8 Å². The van der Waals surface area contributed by atoms with Crippen molar-refractivity contribution in [1.29, 1.82) is 0 Å². The molecule has 0 bridgehead atoms. The number of hydrogen-bond donors (Lipinski definition) is 1. The fourth-order valence-corrected chi connectivity index (χ4v) is 2.88. The molecule has 4 heteroatoms. The first-order valence-corrected chi connectivity index (χ1v) is 7.93. The SMILES string of the molecule is CCOc1ccc(C=C2CCc3cc(C(=O)O)ccc3C2=O)cc1. The summed E-state index contributed by atoms with van der Waals surface area (Å²) in [7, 11) is 0. The minimum absolute atomic E-state index is 0.0259. The Balaban J connectivity index is 1.86. The number of ether oxygens (including phenoxy) is 1. The number of Topliss-reactive ketones (excluding diaryl/α,β-unsaturated/α-hetero) is 1. The second kappa shape index (κ2) is 6.71.